The molecule has 0 radical (unpaired) electrons. The van der Waals surface area contributed by atoms with Crippen LogP contribution in [0.4, 0.5) is 4.39 Å². The first-order chi connectivity index (χ1) is 8.83. The molecule has 4 N–H and O–H groups in total. The van der Waals surface area contributed by atoms with Crippen LogP contribution in [0.5, 0.6) is 0 Å². The number of aliphatic hydroxyl groups excluding tert-OH is 2. The number of aromatic nitrogens is 2. The van der Waals surface area contributed by atoms with Crippen LogP contribution in [0, 0.1) is 4.77 Å². The number of ether oxygens (including phenoxy) is 1. The van der Waals surface area contributed by atoms with Crippen molar-refractivity contribution in [1.29, 1.82) is 0 Å². The fourth-order valence-electron chi connectivity index (χ4n) is 2.01. The van der Waals surface area contributed by atoms with Gasteiger partial charge in [0.1, 0.15) is 6.61 Å². The van der Waals surface area contributed by atoms with E-state index in [1.807, 2.05) is 0 Å². The summed E-state index contributed by atoms with van der Waals surface area (Å²) < 4.78 is 19.7. The smallest absolute Gasteiger partial charge is 0.251 e. The number of rotatable bonds is 3. The highest BCUT2D eigenvalue weighted by Crippen LogP contribution is 2.39. The molecule has 7 nitrogen and oxygen atoms in total. The monoisotopic (exact) mass is 292 g/mol. The first-order valence-corrected chi connectivity index (χ1v) is 5.91. The van der Waals surface area contributed by atoms with E-state index in [4.69, 9.17) is 22.1 Å². The zero-order valence-corrected chi connectivity index (χ0v) is 10.6. The number of aromatic amines is 1. The summed E-state index contributed by atoms with van der Waals surface area (Å²) in [4.78, 5) is 13.3. The molecule has 1 saturated heterocycles. The van der Waals surface area contributed by atoms with E-state index in [2.05, 4.69) is 4.98 Å². The number of halogens is 1. The van der Waals surface area contributed by atoms with E-state index in [0.29, 0.717) is 0 Å². The van der Waals surface area contributed by atoms with Gasteiger partial charge in [-0.05, 0) is 12.2 Å². The predicted molar refractivity (Wildman–Crippen MR) is 63.6 cm³/mol. The molecule has 1 aromatic rings. The minimum Gasteiger partial charge on any atom is -0.396 e. The summed E-state index contributed by atoms with van der Waals surface area (Å²) in [5.41, 5.74) is -2.63. The molecule has 9 heteroatoms. The van der Waals surface area contributed by atoms with Crippen LogP contribution in [0.25, 0.3) is 0 Å². The average molecular weight is 292 g/mol. The molecule has 0 aromatic carbocycles. The minimum absolute atomic E-state index is 0.175. The van der Waals surface area contributed by atoms with Gasteiger partial charge in [0.05, 0.1) is 0 Å². The van der Waals surface area contributed by atoms with Crippen LogP contribution in [0.2, 0.25) is 0 Å². The predicted octanol–water partition coefficient (Wildman–Crippen LogP) is -1.01. The standard InChI is InChI=1S/C10H13FN2O5S/c11-9(2-4-14)7(16)10(17,5-18-9)13-3-1-6(15)12-8(13)19/h1,3,7,14,16-17H,2,4-5H2,(H,12,15,19)/t7-,9-,10-/m1/s1. The Balaban J connectivity index is 2.44. The lowest BCUT2D eigenvalue weighted by Gasteiger charge is -2.30. The normalized spacial score (nSPS) is 34.6. The van der Waals surface area contributed by atoms with E-state index < -0.39 is 42.9 Å². The van der Waals surface area contributed by atoms with E-state index in [1.54, 1.807) is 0 Å². The molecule has 1 aliphatic heterocycles. The SMILES string of the molecule is O=c1ccn([C@@]2(O)CO[C@](F)(CCO)[C@H]2O)c(=S)[nH]1. The molecule has 0 bridgehead atoms. The van der Waals surface area contributed by atoms with Gasteiger partial charge in [0.25, 0.3) is 5.56 Å². The van der Waals surface area contributed by atoms with E-state index in [1.165, 1.54) is 0 Å². The second kappa shape index (κ2) is 4.76. The highest BCUT2D eigenvalue weighted by Gasteiger charge is 2.59. The average Bonchev–Trinajstić information content (AvgIpc) is 2.56. The van der Waals surface area contributed by atoms with Crippen molar-refractivity contribution in [3.8, 4) is 0 Å². The molecule has 2 rings (SSSR count). The van der Waals surface area contributed by atoms with Crippen molar-refractivity contribution in [3.63, 3.8) is 0 Å². The Bertz CT molecular complexity index is 590. The fourth-order valence-corrected chi connectivity index (χ4v) is 2.33. The van der Waals surface area contributed by atoms with Crippen LogP contribution >= 0.6 is 12.2 Å². The van der Waals surface area contributed by atoms with Crippen molar-refractivity contribution in [3.05, 3.63) is 27.4 Å². The Kier molecular flexibility index (Phi) is 3.58. The Morgan fingerprint density at radius 1 is 1.68 bits per heavy atom. The summed E-state index contributed by atoms with van der Waals surface area (Å²) >= 11 is 4.85. The van der Waals surface area contributed by atoms with Crippen molar-refractivity contribution >= 4 is 12.2 Å². The van der Waals surface area contributed by atoms with Gasteiger partial charge in [-0.2, -0.15) is 0 Å². The minimum atomic E-state index is -2.57. The lowest BCUT2D eigenvalue weighted by Crippen LogP contribution is -2.50. The topological polar surface area (TPSA) is 108 Å². The second-order valence-electron chi connectivity index (χ2n) is 4.31. The van der Waals surface area contributed by atoms with E-state index in [9.17, 15) is 19.4 Å². The van der Waals surface area contributed by atoms with Gasteiger partial charge in [-0.1, -0.05) is 0 Å². The van der Waals surface area contributed by atoms with Gasteiger partial charge in [-0.3, -0.25) is 14.3 Å². The third-order valence-corrected chi connectivity index (χ3v) is 3.36. The number of hydrogen-bond donors (Lipinski definition) is 4. The number of alkyl halides is 1. The van der Waals surface area contributed by atoms with Crippen molar-refractivity contribution in [2.24, 2.45) is 0 Å². The molecule has 1 fully saturated rings. The van der Waals surface area contributed by atoms with Gasteiger partial charge < -0.3 is 20.1 Å². The lowest BCUT2D eigenvalue weighted by molar-refractivity contribution is -0.183. The van der Waals surface area contributed by atoms with Crippen LogP contribution in [0.3, 0.4) is 0 Å². The van der Waals surface area contributed by atoms with Crippen LogP contribution in [0.1, 0.15) is 6.42 Å². The van der Waals surface area contributed by atoms with Crippen LogP contribution < -0.4 is 5.56 Å². The summed E-state index contributed by atoms with van der Waals surface area (Å²) in [6.45, 7) is -1.12. The number of nitrogens with zero attached hydrogens (tertiary/aromatic N) is 1. The Labute approximate surface area is 111 Å². The summed E-state index contributed by atoms with van der Waals surface area (Å²) in [7, 11) is 0. The quantitative estimate of drug-likeness (QED) is 0.532. The fraction of sp³-hybridized carbons (Fsp3) is 0.600. The van der Waals surface area contributed by atoms with Crippen molar-refractivity contribution in [2.45, 2.75) is 24.1 Å². The zero-order chi connectivity index (χ0) is 14.3. The third-order valence-electron chi connectivity index (χ3n) is 3.06. The number of aliphatic hydroxyl groups is 3. The molecular formula is C10H13FN2O5S. The van der Waals surface area contributed by atoms with Gasteiger partial charge in [-0.25, -0.2) is 4.39 Å². The number of nitrogens with one attached hydrogen (secondary N) is 1. The second-order valence-corrected chi connectivity index (χ2v) is 4.70. The molecule has 1 aliphatic rings. The van der Waals surface area contributed by atoms with Crippen LogP contribution in [-0.2, 0) is 10.5 Å². The van der Waals surface area contributed by atoms with Crippen molar-refractivity contribution < 1.29 is 24.4 Å². The molecule has 2 heterocycles. The number of hydrogen-bond acceptors (Lipinski definition) is 6. The summed E-state index contributed by atoms with van der Waals surface area (Å²) in [6.07, 6.45) is -1.31. The molecule has 19 heavy (non-hydrogen) atoms. The molecular weight excluding hydrogens is 279 g/mol. The summed E-state index contributed by atoms with van der Waals surface area (Å²) in [6, 6.07) is 1.07. The van der Waals surface area contributed by atoms with Crippen molar-refractivity contribution in [1.82, 2.24) is 9.55 Å². The third kappa shape index (κ3) is 2.23. The maximum absolute atomic E-state index is 14.2. The molecule has 0 amide bonds. The van der Waals surface area contributed by atoms with Gasteiger partial charge in [-0.15, -0.1) is 0 Å². The summed E-state index contributed by atoms with van der Waals surface area (Å²) in [5, 5.41) is 29.0. The van der Waals surface area contributed by atoms with Gasteiger partial charge in [0.2, 0.25) is 5.85 Å². The van der Waals surface area contributed by atoms with E-state index in [-0.39, 0.29) is 4.77 Å². The Morgan fingerprint density at radius 3 is 2.95 bits per heavy atom. The largest absolute Gasteiger partial charge is 0.396 e. The molecule has 0 aliphatic carbocycles. The molecule has 3 atom stereocenters. The van der Waals surface area contributed by atoms with Crippen LogP contribution in [0.15, 0.2) is 17.1 Å². The first kappa shape index (κ1) is 14.3. The van der Waals surface area contributed by atoms with Gasteiger partial charge in [0, 0.05) is 25.3 Å². The maximum Gasteiger partial charge on any atom is 0.251 e. The van der Waals surface area contributed by atoms with E-state index >= 15 is 0 Å². The van der Waals surface area contributed by atoms with Gasteiger partial charge in [0.15, 0.2) is 16.6 Å². The molecule has 106 valence electrons. The summed E-state index contributed by atoms with van der Waals surface area (Å²) in [5.74, 6) is -2.57. The van der Waals surface area contributed by atoms with Gasteiger partial charge >= 0.3 is 0 Å². The molecule has 0 spiro atoms. The Morgan fingerprint density at radius 2 is 2.37 bits per heavy atom. The highest BCUT2D eigenvalue weighted by molar-refractivity contribution is 7.71. The zero-order valence-electron chi connectivity index (χ0n) is 9.74. The lowest BCUT2D eigenvalue weighted by atomic mass is 10.0. The number of H-pyrrole nitrogens is 1. The highest BCUT2D eigenvalue weighted by atomic mass is 32.1. The Hall–Kier alpha value is -1.13. The van der Waals surface area contributed by atoms with Crippen molar-refractivity contribution in [2.75, 3.05) is 13.2 Å². The maximum atomic E-state index is 14.2. The molecule has 0 unspecified atom stereocenters. The van der Waals surface area contributed by atoms with Crippen LogP contribution in [-0.4, -0.2) is 50.0 Å². The first-order valence-electron chi connectivity index (χ1n) is 5.50. The van der Waals surface area contributed by atoms with E-state index in [0.717, 1.165) is 16.8 Å². The molecule has 0 saturated carbocycles. The molecule has 1 aromatic heterocycles.